The van der Waals surface area contributed by atoms with Gasteiger partial charge in [0.15, 0.2) is 0 Å². The van der Waals surface area contributed by atoms with Crippen LogP contribution in [0.1, 0.15) is 232 Å². The molecule has 9 heteroatoms. The highest BCUT2D eigenvalue weighted by atomic mass is 31.2. The van der Waals surface area contributed by atoms with Crippen LogP contribution < -0.4 is 10.2 Å². The van der Waals surface area contributed by atoms with E-state index in [9.17, 15) is 19.4 Å². The summed E-state index contributed by atoms with van der Waals surface area (Å²) >= 11 is 0. The van der Waals surface area contributed by atoms with Gasteiger partial charge in [-0.25, -0.2) is 0 Å². The Kier molecular flexibility index (Phi) is 42.1. The molecule has 8 nitrogen and oxygen atoms in total. The van der Waals surface area contributed by atoms with Crippen molar-refractivity contribution in [1.82, 2.24) is 5.32 Å². The van der Waals surface area contributed by atoms with E-state index in [-0.39, 0.29) is 12.5 Å². The molecule has 60 heavy (non-hydrogen) atoms. The molecule has 0 aliphatic carbocycles. The Morgan fingerprint density at radius 1 is 0.567 bits per heavy atom. The number of hydrogen-bond donors (Lipinski definition) is 2. The Morgan fingerprint density at radius 3 is 1.35 bits per heavy atom. The van der Waals surface area contributed by atoms with Gasteiger partial charge in [0.2, 0.25) is 5.91 Å². The number of rotatable bonds is 46. The number of allylic oxidation sites excluding steroid dienone is 5. The van der Waals surface area contributed by atoms with Gasteiger partial charge in [-0.2, -0.15) is 0 Å². The van der Waals surface area contributed by atoms with Gasteiger partial charge in [0.05, 0.1) is 39.9 Å². The number of nitrogens with one attached hydrogen (secondary N) is 1. The monoisotopic (exact) mass is 867 g/mol. The van der Waals surface area contributed by atoms with Crippen molar-refractivity contribution in [3.8, 4) is 0 Å². The first-order valence-electron chi connectivity index (χ1n) is 25.4. The Hall–Kier alpha value is -1.28. The van der Waals surface area contributed by atoms with Gasteiger partial charge in [0, 0.05) is 6.42 Å². The van der Waals surface area contributed by atoms with Crippen LogP contribution in [0.5, 0.6) is 0 Å². The fraction of sp³-hybridized carbons (Fsp3) is 0.863. The molecule has 0 aromatic carbocycles. The lowest BCUT2D eigenvalue weighted by Crippen LogP contribution is -2.45. The molecule has 3 unspecified atom stereocenters. The second kappa shape index (κ2) is 43.0. The maximum absolute atomic E-state index is 12.8. The van der Waals surface area contributed by atoms with Crippen molar-refractivity contribution in [1.29, 1.82) is 0 Å². The second-order valence-corrected chi connectivity index (χ2v) is 19.9. The first-order chi connectivity index (χ1) is 29.0. The Balaban J connectivity index is 4.26. The largest absolute Gasteiger partial charge is 0.756 e. The summed E-state index contributed by atoms with van der Waals surface area (Å²) in [5.41, 5.74) is 0. The number of carbonyl (C=O) groups excluding carboxylic acids is 1. The minimum Gasteiger partial charge on any atom is -0.756 e. The molecule has 0 aliphatic rings. The van der Waals surface area contributed by atoms with Gasteiger partial charge in [0.25, 0.3) is 7.82 Å². The summed E-state index contributed by atoms with van der Waals surface area (Å²) in [6.07, 6.45) is 53.7. The molecule has 0 aliphatic heterocycles. The zero-order valence-corrected chi connectivity index (χ0v) is 41.1. The van der Waals surface area contributed by atoms with E-state index in [0.29, 0.717) is 17.4 Å². The minimum absolute atomic E-state index is 0.00790. The van der Waals surface area contributed by atoms with Gasteiger partial charge in [-0.15, -0.1) is 0 Å². The average molecular weight is 867 g/mol. The number of amides is 1. The molecule has 3 atom stereocenters. The zero-order chi connectivity index (χ0) is 44.3. The molecule has 0 aromatic heterocycles. The standard InChI is InChI=1S/C51H99N2O6P/c1-6-8-10-12-14-16-18-19-20-21-22-23-24-25-26-27-28-29-30-31-32-33-35-36-38-40-42-44-50(54)49(48-59-60(56,57)58-47-46-53(3,4)5)52-51(55)45-43-41-39-37-34-17-15-13-11-9-7-2/h30-31,35-36,42,44,49-50,54H,6-29,32-34,37-41,43,45-48H2,1-5H3,(H-,52,55,56,57)/b31-30+,36-35+,44-42+. The molecule has 0 aromatic rings. The van der Waals surface area contributed by atoms with Gasteiger partial charge >= 0.3 is 0 Å². The number of aliphatic hydroxyl groups excluding tert-OH is 1. The summed E-state index contributed by atoms with van der Waals surface area (Å²) in [5.74, 6) is -0.212. The molecular weight excluding hydrogens is 768 g/mol. The number of phosphoric acid groups is 1. The molecule has 0 heterocycles. The van der Waals surface area contributed by atoms with Crippen molar-refractivity contribution in [3.63, 3.8) is 0 Å². The maximum Gasteiger partial charge on any atom is 0.268 e. The van der Waals surface area contributed by atoms with E-state index in [0.717, 1.165) is 44.9 Å². The van der Waals surface area contributed by atoms with Gasteiger partial charge in [-0.05, 0) is 44.9 Å². The fourth-order valence-corrected chi connectivity index (χ4v) is 8.03. The molecule has 0 rings (SSSR count). The van der Waals surface area contributed by atoms with Crippen LogP contribution in [0.4, 0.5) is 0 Å². The predicted octanol–water partition coefficient (Wildman–Crippen LogP) is 14.0. The third-order valence-corrected chi connectivity index (χ3v) is 12.3. The van der Waals surface area contributed by atoms with Crippen LogP contribution in [0, 0.1) is 0 Å². The highest BCUT2D eigenvalue weighted by Gasteiger charge is 2.23. The smallest absolute Gasteiger partial charge is 0.268 e. The number of nitrogens with zero attached hydrogens (tertiary/aromatic N) is 1. The summed E-state index contributed by atoms with van der Waals surface area (Å²) in [4.78, 5) is 25.3. The Labute approximate surface area is 372 Å². The average Bonchev–Trinajstić information content (AvgIpc) is 3.20. The third-order valence-electron chi connectivity index (χ3n) is 11.3. The third kappa shape index (κ3) is 44.8. The highest BCUT2D eigenvalue weighted by molar-refractivity contribution is 7.45. The van der Waals surface area contributed by atoms with Crippen molar-refractivity contribution < 1.29 is 32.9 Å². The molecule has 0 spiro atoms. The number of aliphatic hydroxyl groups is 1. The molecule has 0 bridgehead atoms. The summed E-state index contributed by atoms with van der Waals surface area (Å²) < 4.78 is 23.2. The van der Waals surface area contributed by atoms with E-state index in [1.807, 2.05) is 27.2 Å². The summed E-state index contributed by atoms with van der Waals surface area (Å²) in [5, 5.41) is 13.8. The van der Waals surface area contributed by atoms with Gasteiger partial charge in [-0.1, -0.05) is 217 Å². The van der Waals surface area contributed by atoms with Crippen LogP contribution in [0.25, 0.3) is 0 Å². The van der Waals surface area contributed by atoms with Gasteiger partial charge in [-0.3, -0.25) is 9.36 Å². The van der Waals surface area contributed by atoms with E-state index < -0.39 is 26.6 Å². The normalized spacial score (nSPS) is 14.4. The molecule has 0 saturated heterocycles. The molecule has 0 saturated carbocycles. The van der Waals surface area contributed by atoms with Crippen LogP contribution in [-0.2, 0) is 18.4 Å². The van der Waals surface area contributed by atoms with E-state index in [4.69, 9.17) is 9.05 Å². The van der Waals surface area contributed by atoms with E-state index >= 15 is 0 Å². The number of likely N-dealkylation sites (N-methyl/N-ethyl adjacent to an activating group) is 1. The van der Waals surface area contributed by atoms with Gasteiger partial charge < -0.3 is 28.8 Å². The quantitative estimate of drug-likeness (QED) is 0.0273. The molecular formula is C51H99N2O6P. The highest BCUT2D eigenvalue weighted by Crippen LogP contribution is 2.38. The van der Waals surface area contributed by atoms with Gasteiger partial charge in [0.1, 0.15) is 13.2 Å². The van der Waals surface area contributed by atoms with E-state index in [2.05, 4.69) is 43.5 Å². The van der Waals surface area contributed by atoms with E-state index in [1.165, 1.54) is 167 Å². The second-order valence-electron chi connectivity index (χ2n) is 18.5. The van der Waals surface area contributed by atoms with Crippen LogP contribution in [-0.4, -0.2) is 68.5 Å². The van der Waals surface area contributed by atoms with Crippen molar-refractivity contribution in [2.75, 3.05) is 40.9 Å². The van der Waals surface area contributed by atoms with E-state index in [1.54, 1.807) is 6.08 Å². The van der Waals surface area contributed by atoms with Crippen LogP contribution in [0.3, 0.4) is 0 Å². The zero-order valence-electron chi connectivity index (χ0n) is 40.2. The first kappa shape index (κ1) is 58.7. The fourth-order valence-electron chi connectivity index (χ4n) is 7.30. The maximum atomic E-state index is 12.8. The SMILES string of the molecule is CCCCCCCCCCCCCCCCCCC/C=C/CC/C=C/CC/C=C/C(O)C(COP(=O)([O-])OCC[N+](C)(C)C)NC(=O)CCCCCCCCCCCCC. The lowest BCUT2D eigenvalue weighted by atomic mass is 10.0. The number of carbonyl (C=O) groups is 1. The number of unbranched alkanes of at least 4 members (excludes halogenated alkanes) is 29. The molecule has 1 amide bonds. The summed E-state index contributed by atoms with van der Waals surface area (Å²) in [6.45, 7) is 4.62. The number of quaternary nitrogens is 1. The van der Waals surface area contributed by atoms with Crippen LogP contribution in [0.15, 0.2) is 36.5 Å². The number of hydrogen-bond acceptors (Lipinski definition) is 6. The molecule has 2 N–H and O–H groups in total. The van der Waals surface area contributed by atoms with Crippen molar-refractivity contribution >= 4 is 13.7 Å². The number of phosphoric ester groups is 1. The van der Waals surface area contributed by atoms with Crippen molar-refractivity contribution in [3.05, 3.63) is 36.5 Å². The Bertz CT molecular complexity index is 1070. The topological polar surface area (TPSA) is 108 Å². The summed E-state index contributed by atoms with van der Waals surface area (Å²) in [6, 6.07) is -0.905. The van der Waals surface area contributed by atoms with Crippen molar-refractivity contribution in [2.45, 2.75) is 244 Å². The first-order valence-corrected chi connectivity index (χ1v) is 26.8. The van der Waals surface area contributed by atoms with Crippen molar-refractivity contribution in [2.24, 2.45) is 0 Å². The molecule has 0 fully saturated rings. The molecule has 354 valence electrons. The minimum atomic E-state index is -4.60. The molecule has 0 radical (unpaired) electrons. The van der Waals surface area contributed by atoms with Crippen LogP contribution >= 0.6 is 7.82 Å². The lowest BCUT2D eigenvalue weighted by molar-refractivity contribution is -0.870. The predicted molar refractivity (Wildman–Crippen MR) is 256 cm³/mol. The Morgan fingerprint density at radius 2 is 0.933 bits per heavy atom. The van der Waals surface area contributed by atoms with Crippen LogP contribution in [0.2, 0.25) is 0 Å². The summed E-state index contributed by atoms with van der Waals surface area (Å²) in [7, 11) is 1.24. The lowest BCUT2D eigenvalue weighted by Gasteiger charge is -2.29.